The predicted octanol–water partition coefficient (Wildman–Crippen LogP) is 2.52. The van der Waals surface area contributed by atoms with Crippen molar-refractivity contribution >= 4 is 5.84 Å². The fourth-order valence-corrected chi connectivity index (χ4v) is 1.57. The van der Waals surface area contributed by atoms with Crippen LogP contribution in [0.15, 0.2) is 12.3 Å². The largest absolute Gasteiger partial charge is 0.501 e. The summed E-state index contributed by atoms with van der Waals surface area (Å²) in [7, 11) is 1.62. The van der Waals surface area contributed by atoms with E-state index in [2.05, 4.69) is 6.58 Å². The van der Waals surface area contributed by atoms with Gasteiger partial charge in [-0.05, 0) is 6.42 Å². The molecule has 0 aliphatic rings. The van der Waals surface area contributed by atoms with Crippen LogP contribution in [0.3, 0.4) is 0 Å². The van der Waals surface area contributed by atoms with Gasteiger partial charge in [0.05, 0.1) is 18.7 Å². The second kappa shape index (κ2) is 4.03. The van der Waals surface area contributed by atoms with Crippen LogP contribution < -0.4 is 5.73 Å². The van der Waals surface area contributed by atoms with Crippen molar-refractivity contribution in [2.24, 2.45) is 16.6 Å². The molecule has 0 aromatic rings. The summed E-state index contributed by atoms with van der Waals surface area (Å²) in [6, 6.07) is 0. The smallest absolute Gasteiger partial charge is 0.0963 e. The van der Waals surface area contributed by atoms with E-state index in [1.807, 2.05) is 27.7 Å². The molecule has 0 saturated heterocycles. The van der Waals surface area contributed by atoms with E-state index in [1.165, 1.54) is 0 Å². The first-order chi connectivity index (χ1) is 6.13. The molecule has 0 bridgehead atoms. The lowest BCUT2D eigenvalue weighted by Crippen LogP contribution is -2.36. The van der Waals surface area contributed by atoms with Crippen molar-refractivity contribution in [3.8, 4) is 0 Å². The van der Waals surface area contributed by atoms with Crippen LogP contribution in [0.2, 0.25) is 0 Å². The highest BCUT2D eigenvalue weighted by Crippen LogP contribution is 2.38. The third kappa shape index (κ3) is 3.05. The topological polar surface area (TPSA) is 59.1 Å². The zero-order valence-electron chi connectivity index (χ0n) is 9.90. The number of hydrogen-bond donors (Lipinski definition) is 2. The molecule has 82 valence electrons. The minimum absolute atomic E-state index is 0.163. The van der Waals surface area contributed by atoms with Crippen molar-refractivity contribution in [3.05, 3.63) is 12.3 Å². The van der Waals surface area contributed by atoms with Crippen molar-refractivity contribution in [1.82, 2.24) is 0 Å². The highest BCUT2D eigenvalue weighted by molar-refractivity contribution is 5.82. The second-order valence-corrected chi connectivity index (χ2v) is 4.99. The van der Waals surface area contributed by atoms with Crippen LogP contribution in [0.25, 0.3) is 0 Å². The number of nitrogens with one attached hydrogen (secondary N) is 1. The molecular weight excluding hydrogens is 176 g/mol. The van der Waals surface area contributed by atoms with Crippen LogP contribution in [-0.2, 0) is 4.74 Å². The monoisotopic (exact) mass is 198 g/mol. The average molecular weight is 198 g/mol. The number of ether oxygens (including phenoxy) is 1. The van der Waals surface area contributed by atoms with Crippen LogP contribution in [0.1, 0.15) is 34.1 Å². The summed E-state index contributed by atoms with van der Waals surface area (Å²) >= 11 is 0. The fourth-order valence-electron chi connectivity index (χ4n) is 1.57. The van der Waals surface area contributed by atoms with Gasteiger partial charge in [0, 0.05) is 10.8 Å². The molecule has 0 heterocycles. The van der Waals surface area contributed by atoms with Gasteiger partial charge in [0.25, 0.3) is 0 Å². The first-order valence-corrected chi connectivity index (χ1v) is 4.71. The zero-order chi connectivity index (χ0) is 11.6. The molecule has 3 N–H and O–H groups in total. The maximum atomic E-state index is 7.48. The first-order valence-electron chi connectivity index (χ1n) is 4.71. The Morgan fingerprint density at radius 1 is 1.29 bits per heavy atom. The number of allylic oxidation sites excluding steroid dienone is 1. The van der Waals surface area contributed by atoms with Gasteiger partial charge in [0.1, 0.15) is 0 Å². The summed E-state index contributed by atoms with van der Waals surface area (Å²) in [5.74, 6) is 0.932. The van der Waals surface area contributed by atoms with E-state index in [4.69, 9.17) is 15.9 Å². The van der Waals surface area contributed by atoms with Crippen molar-refractivity contribution < 1.29 is 4.74 Å². The van der Waals surface area contributed by atoms with Crippen LogP contribution >= 0.6 is 0 Å². The van der Waals surface area contributed by atoms with Gasteiger partial charge in [-0.2, -0.15) is 0 Å². The standard InChI is InChI=1S/C11H22N2O/c1-8(14-6)10(2,3)7-11(4,5)9(12)13/h1,7H2,2-6H3,(H3,12,13). The Labute approximate surface area is 86.8 Å². The minimum atomic E-state index is -0.315. The van der Waals surface area contributed by atoms with Gasteiger partial charge in [-0.3, -0.25) is 5.41 Å². The number of hydrogen-bond acceptors (Lipinski definition) is 2. The number of nitrogens with two attached hydrogens (primary N) is 1. The van der Waals surface area contributed by atoms with Crippen LogP contribution in [0, 0.1) is 16.2 Å². The molecule has 0 atom stereocenters. The molecule has 3 heteroatoms. The molecule has 14 heavy (non-hydrogen) atoms. The highest BCUT2D eigenvalue weighted by Gasteiger charge is 2.33. The summed E-state index contributed by atoms with van der Waals surface area (Å²) in [6.07, 6.45) is 0.752. The average Bonchev–Trinajstić information content (AvgIpc) is 2.00. The third-order valence-electron chi connectivity index (χ3n) is 2.61. The van der Waals surface area contributed by atoms with E-state index in [9.17, 15) is 0 Å². The molecule has 0 aliphatic heterocycles. The van der Waals surface area contributed by atoms with Crippen molar-refractivity contribution in [2.45, 2.75) is 34.1 Å². The SMILES string of the molecule is C=C(OC)C(C)(C)CC(C)(C)C(=N)N. The van der Waals surface area contributed by atoms with Crippen molar-refractivity contribution in [2.75, 3.05) is 7.11 Å². The zero-order valence-corrected chi connectivity index (χ0v) is 9.90. The molecule has 0 fully saturated rings. The Bertz CT molecular complexity index is 242. The molecule has 0 aromatic heterocycles. The molecule has 3 nitrogen and oxygen atoms in total. The lowest BCUT2D eigenvalue weighted by molar-refractivity contribution is 0.162. The normalized spacial score (nSPS) is 12.4. The molecule has 0 aliphatic carbocycles. The second-order valence-electron chi connectivity index (χ2n) is 4.99. The predicted molar refractivity (Wildman–Crippen MR) is 60.2 cm³/mol. The number of rotatable bonds is 5. The Hall–Kier alpha value is -0.990. The van der Waals surface area contributed by atoms with E-state index in [0.717, 1.165) is 12.2 Å². The third-order valence-corrected chi connectivity index (χ3v) is 2.61. The van der Waals surface area contributed by atoms with Gasteiger partial charge in [-0.15, -0.1) is 0 Å². The Kier molecular flexibility index (Phi) is 3.74. The van der Waals surface area contributed by atoms with Gasteiger partial charge in [-0.1, -0.05) is 34.3 Å². The van der Waals surface area contributed by atoms with Crippen LogP contribution in [0.4, 0.5) is 0 Å². The lowest BCUT2D eigenvalue weighted by atomic mass is 9.73. The van der Waals surface area contributed by atoms with Gasteiger partial charge >= 0.3 is 0 Å². The van der Waals surface area contributed by atoms with E-state index in [1.54, 1.807) is 7.11 Å². The minimum Gasteiger partial charge on any atom is -0.501 e. The van der Waals surface area contributed by atoms with Crippen LogP contribution in [-0.4, -0.2) is 12.9 Å². The molecule has 0 rings (SSSR count). The molecule has 0 saturated carbocycles. The Morgan fingerprint density at radius 3 is 2.00 bits per heavy atom. The summed E-state index contributed by atoms with van der Waals surface area (Å²) < 4.78 is 5.13. The van der Waals surface area contributed by atoms with Gasteiger partial charge < -0.3 is 10.5 Å². The summed E-state index contributed by atoms with van der Waals surface area (Å²) in [4.78, 5) is 0. The molecule has 0 radical (unpaired) electrons. The van der Waals surface area contributed by atoms with E-state index in [-0.39, 0.29) is 16.7 Å². The van der Waals surface area contributed by atoms with Crippen LogP contribution in [0.5, 0.6) is 0 Å². The molecule has 0 aromatic carbocycles. The number of amidine groups is 1. The van der Waals surface area contributed by atoms with E-state index < -0.39 is 0 Å². The van der Waals surface area contributed by atoms with Crippen molar-refractivity contribution in [3.63, 3.8) is 0 Å². The van der Waals surface area contributed by atoms with Gasteiger partial charge in [0.15, 0.2) is 0 Å². The van der Waals surface area contributed by atoms with Gasteiger partial charge in [-0.25, -0.2) is 0 Å². The lowest BCUT2D eigenvalue weighted by Gasteiger charge is -2.34. The maximum absolute atomic E-state index is 7.48. The quantitative estimate of drug-likeness (QED) is 0.405. The fraction of sp³-hybridized carbons (Fsp3) is 0.727. The molecule has 0 amide bonds. The molecular formula is C11H22N2O. The summed E-state index contributed by atoms with van der Waals surface area (Å²) in [5.41, 5.74) is 5.05. The first kappa shape index (κ1) is 13.0. The molecule has 0 unspecified atom stereocenters. The summed E-state index contributed by atoms with van der Waals surface area (Å²) in [6.45, 7) is 11.9. The Balaban J connectivity index is 4.66. The van der Waals surface area contributed by atoms with Gasteiger partial charge in [0.2, 0.25) is 0 Å². The maximum Gasteiger partial charge on any atom is 0.0963 e. The Morgan fingerprint density at radius 2 is 1.71 bits per heavy atom. The molecule has 0 spiro atoms. The van der Waals surface area contributed by atoms with E-state index >= 15 is 0 Å². The number of methoxy groups -OCH3 is 1. The van der Waals surface area contributed by atoms with E-state index in [0.29, 0.717) is 0 Å². The highest BCUT2D eigenvalue weighted by atomic mass is 16.5. The van der Waals surface area contributed by atoms with Crippen molar-refractivity contribution in [1.29, 1.82) is 5.41 Å². The summed E-state index contributed by atoms with van der Waals surface area (Å²) in [5, 5.41) is 7.48.